The second-order valence-corrected chi connectivity index (χ2v) is 6.64. The quantitative estimate of drug-likeness (QED) is 0.709. The molecule has 19 heavy (non-hydrogen) atoms. The van der Waals surface area contributed by atoms with Crippen LogP contribution in [0.3, 0.4) is 0 Å². The number of hydrogen-bond donors (Lipinski definition) is 2. The molecule has 0 aliphatic carbocycles. The zero-order chi connectivity index (χ0) is 13.4. The van der Waals surface area contributed by atoms with Crippen molar-refractivity contribution < 1.29 is 4.79 Å². The van der Waals surface area contributed by atoms with E-state index in [2.05, 4.69) is 32.3 Å². The fourth-order valence-electron chi connectivity index (χ4n) is 1.99. The lowest BCUT2D eigenvalue weighted by Gasteiger charge is -2.03. The van der Waals surface area contributed by atoms with Crippen LogP contribution < -0.4 is 5.32 Å². The van der Waals surface area contributed by atoms with Crippen LogP contribution in [0.25, 0.3) is 10.9 Å². The van der Waals surface area contributed by atoms with Gasteiger partial charge in [-0.2, -0.15) is 0 Å². The number of amides is 1. The highest BCUT2D eigenvalue weighted by Crippen LogP contribution is 2.23. The molecule has 2 N–H and O–H groups in total. The standard InChI is InChI=1S/C14H11BrN2OS/c1-8-4-9-5-11(2-3-12(9)16-8)17-14(18)10-6-13(15)19-7-10/h2-7,16H,1H3,(H,17,18). The summed E-state index contributed by atoms with van der Waals surface area (Å²) in [5.74, 6) is -0.0893. The van der Waals surface area contributed by atoms with Crippen molar-refractivity contribution in [3.63, 3.8) is 0 Å². The van der Waals surface area contributed by atoms with E-state index in [1.54, 1.807) is 0 Å². The molecule has 0 bridgehead atoms. The molecule has 3 nitrogen and oxygen atoms in total. The minimum absolute atomic E-state index is 0.0893. The van der Waals surface area contributed by atoms with E-state index < -0.39 is 0 Å². The number of aromatic amines is 1. The molecular weight excluding hydrogens is 324 g/mol. The Bertz CT molecular complexity index is 760. The second kappa shape index (κ2) is 4.83. The van der Waals surface area contributed by atoms with Crippen molar-refractivity contribution in [2.45, 2.75) is 6.92 Å². The van der Waals surface area contributed by atoms with Crippen LogP contribution >= 0.6 is 27.3 Å². The number of aromatic nitrogens is 1. The van der Waals surface area contributed by atoms with Crippen molar-refractivity contribution in [3.8, 4) is 0 Å². The number of H-pyrrole nitrogens is 1. The molecule has 1 amide bonds. The lowest BCUT2D eigenvalue weighted by Crippen LogP contribution is -2.10. The smallest absolute Gasteiger partial charge is 0.256 e. The molecule has 2 heterocycles. The minimum Gasteiger partial charge on any atom is -0.359 e. The number of rotatable bonds is 2. The van der Waals surface area contributed by atoms with Gasteiger partial charge in [0.2, 0.25) is 0 Å². The van der Waals surface area contributed by atoms with E-state index in [4.69, 9.17) is 0 Å². The summed E-state index contributed by atoms with van der Waals surface area (Å²) in [4.78, 5) is 15.3. The van der Waals surface area contributed by atoms with Gasteiger partial charge in [-0.3, -0.25) is 4.79 Å². The molecule has 0 aliphatic heterocycles. The molecule has 3 aromatic rings. The largest absolute Gasteiger partial charge is 0.359 e. The number of nitrogens with one attached hydrogen (secondary N) is 2. The molecule has 5 heteroatoms. The number of fused-ring (bicyclic) bond motifs is 1. The van der Waals surface area contributed by atoms with E-state index in [0.29, 0.717) is 5.56 Å². The zero-order valence-corrected chi connectivity index (χ0v) is 12.6. The van der Waals surface area contributed by atoms with Gasteiger partial charge in [-0.15, -0.1) is 11.3 Å². The Morgan fingerprint density at radius 3 is 2.89 bits per heavy atom. The third kappa shape index (κ3) is 2.57. The Labute approximate surface area is 122 Å². The molecule has 3 rings (SSSR count). The number of hydrogen-bond acceptors (Lipinski definition) is 2. The van der Waals surface area contributed by atoms with Crippen LogP contribution in [0.5, 0.6) is 0 Å². The maximum absolute atomic E-state index is 12.0. The van der Waals surface area contributed by atoms with Crippen LogP contribution in [-0.4, -0.2) is 10.9 Å². The van der Waals surface area contributed by atoms with Crippen LogP contribution in [0.1, 0.15) is 16.1 Å². The summed E-state index contributed by atoms with van der Waals surface area (Å²) in [5.41, 5.74) is 3.66. The normalized spacial score (nSPS) is 10.8. The summed E-state index contributed by atoms with van der Waals surface area (Å²) in [7, 11) is 0. The Balaban J connectivity index is 1.86. The molecule has 0 unspecified atom stereocenters. The highest BCUT2D eigenvalue weighted by molar-refractivity contribution is 9.11. The summed E-state index contributed by atoms with van der Waals surface area (Å²) in [6, 6.07) is 9.72. The van der Waals surface area contributed by atoms with Gasteiger partial charge in [-0.25, -0.2) is 0 Å². The molecule has 96 valence electrons. The van der Waals surface area contributed by atoms with Crippen molar-refractivity contribution in [2.24, 2.45) is 0 Å². The number of anilines is 1. The van der Waals surface area contributed by atoms with Gasteiger partial charge in [0.25, 0.3) is 5.91 Å². The molecule has 0 aliphatic rings. The summed E-state index contributed by atoms with van der Waals surface area (Å²) >= 11 is 4.86. The van der Waals surface area contributed by atoms with Crippen LogP contribution in [0, 0.1) is 6.92 Å². The van der Waals surface area contributed by atoms with E-state index in [0.717, 1.165) is 26.1 Å². The third-order valence-electron chi connectivity index (χ3n) is 2.84. The van der Waals surface area contributed by atoms with Gasteiger partial charge in [-0.05, 0) is 53.2 Å². The van der Waals surface area contributed by atoms with Crippen LogP contribution in [0.4, 0.5) is 5.69 Å². The van der Waals surface area contributed by atoms with Crippen LogP contribution in [0.2, 0.25) is 0 Å². The molecule has 0 radical (unpaired) electrons. The van der Waals surface area contributed by atoms with Gasteiger partial charge >= 0.3 is 0 Å². The van der Waals surface area contributed by atoms with E-state index >= 15 is 0 Å². The highest BCUT2D eigenvalue weighted by atomic mass is 79.9. The van der Waals surface area contributed by atoms with Gasteiger partial charge < -0.3 is 10.3 Å². The molecule has 0 saturated heterocycles. The van der Waals surface area contributed by atoms with Crippen molar-refractivity contribution in [2.75, 3.05) is 5.32 Å². The summed E-state index contributed by atoms with van der Waals surface area (Å²) in [6.07, 6.45) is 0. The minimum atomic E-state index is -0.0893. The number of carbonyl (C=O) groups is 1. The second-order valence-electron chi connectivity index (χ2n) is 4.35. The van der Waals surface area contributed by atoms with Crippen LogP contribution in [0.15, 0.2) is 39.5 Å². The Morgan fingerprint density at radius 1 is 1.32 bits per heavy atom. The van der Waals surface area contributed by atoms with Gasteiger partial charge in [0.15, 0.2) is 0 Å². The number of carbonyl (C=O) groups excluding carboxylic acids is 1. The number of thiophene rings is 1. The summed E-state index contributed by atoms with van der Waals surface area (Å²) < 4.78 is 0.953. The Kier molecular flexibility index (Phi) is 3.16. The predicted molar refractivity (Wildman–Crippen MR) is 83.0 cm³/mol. The Hall–Kier alpha value is -1.59. The molecule has 1 aromatic carbocycles. The first kappa shape index (κ1) is 12.4. The lowest BCUT2D eigenvalue weighted by molar-refractivity contribution is 0.102. The topological polar surface area (TPSA) is 44.9 Å². The third-order valence-corrected chi connectivity index (χ3v) is 4.35. The predicted octanol–water partition coefficient (Wildman–Crippen LogP) is 4.55. The summed E-state index contributed by atoms with van der Waals surface area (Å²) in [6.45, 7) is 2.02. The van der Waals surface area contributed by atoms with Crippen LogP contribution in [-0.2, 0) is 0 Å². The van der Waals surface area contributed by atoms with Crippen molar-refractivity contribution >= 4 is 49.8 Å². The van der Waals surface area contributed by atoms with E-state index in [1.807, 2.05) is 36.6 Å². The fourth-order valence-corrected chi connectivity index (χ4v) is 3.12. The first-order valence-electron chi connectivity index (χ1n) is 5.76. The molecule has 0 spiro atoms. The van der Waals surface area contributed by atoms with Gasteiger partial charge in [0.05, 0.1) is 9.35 Å². The average molecular weight is 335 g/mol. The number of aryl methyl sites for hydroxylation is 1. The van der Waals surface area contributed by atoms with Crippen molar-refractivity contribution in [1.82, 2.24) is 4.98 Å². The molecular formula is C14H11BrN2OS. The molecule has 0 fully saturated rings. The first-order valence-corrected chi connectivity index (χ1v) is 7.44. The Morgan fingerprint density at radius 2 is 2.16 bits per heavy atom. The molecule has 2 aromatic heterocycles. The van der Waals surface area contributed by atoms with Gasteiger partial charge in [-0.1, -0.05) is 0 Å². The number of halogens is 1. The summed E-state index contributed by atoms with van der Waals surface area (Å²) in [5, 5.41) is 5.84. The first-order chi connectivity index (χ1) is 9.11. The number of benzene rings is 1. The highest BCUT2D eigenvalue weighted by Gasteiger charge is 2.08. The molecule has 0 atom stereocenters. The van der Waals surface area contributed by atoms with Gasteiger partial charge in [0.1, 0.15) is 0 Å². The van der Waals surface area contributed by atoms with Crippen molar-refractivity contribution in [1.29, 1.82) is 0 Å². The van der Waals surface area contributed by atoms with E-state index in [9.17, 15) is 4.79 Å². The fraction of sp³-hybridized carbons (Fsp3) is 0.0714. The monoisotopic (exact) mass is 334 g/mol. The van der Waals surface area contributed by atoms with Gasteiger partial charge in [0, 0.05) is 27.7 Å². The lowest BCUT2D eigenvalue weighted by atomic mass is 10.2. The zero-order valence-electron chi connectivity index (χ0n) is 10.2. The van der Waals surface area contributed by atoms with E-state index in [-0.39, 0.29) is 5.91 Å². The average Bonchev–Trinajstić information content (AvgIpc) is 2.93. The van der Waals surface area contributed by atoms with Crippen molar-refractivity contribution in [3.05, 3.63) is 50.8 Å². The SMILES string of the molecule is Cc1cc2cc(NC(=O)c3csc(Br)c3)ccc2[nH]1. The van der Waals surface area contributed by atoms with E-state index in [1.165, 1.54) is 11.3 Å². The maximum Gasteiger partial charge on any atom is 0.256 e. The maximum atomic E-state index is 12.0. The molecule has 0 saturated carbocycles.